The Balaban J connectivity index is 1.57. The van der Waals surface area contributed by atoms with Crippen LogP contribution in [-0.4, -0.2) is 34.3 Å². The fraction of sp³-hybridized carbons (Fsp3) is 0.600. The number of rotatable bonds is 4. The molecule has 0 aromatic carbocycles. The number of aliphatic hydroxyl groups excluding tert-OH is 1. The van der Waals surface area contributed by atoms with Gasteiger partial charge in [0.05, 0.1) is 12.1 Å². The Kier molecular flexibility index (Phi) is 4.71. The van der Waals surface area contributed by atoms with Crippen molar-refractivity contribution in [2.24, 2.45) is 11.8 Å². The summed E-state index contributed by atoms with van der Waals surface area (Å²) in [5, 5.41) is 16.5. The molecule has 0 bridgehead atoms. The molecule has 2 fully saturated rings. The Morgan fingerprint density at radius 2 is 2.15 bits per heavy atom. The van der Waals surface area contributed by atoms with E-state index in [0.29, 0.717) is 12.1 Å². The minimum Gasteiger partial charge on any atom is -0.396 e. The number of pyridine rings is 1. The summed E-state index contributed by atoms with van der Waals surface area (Å²) in [6, 6.07) is 3.63. The Hall–Kier alpha value is -1.92. The second kappa shape index (κ2) is 7.00. The molecule has 1 aromatic heterocycles. The molecule has 0 unspecified atom stereocenters. The van der Waals surface area contributed by atoms with Crippen molar-refractivity contribution in [1.82, 2.24) is 15.2 Å². The van der Waals surface area contributed by atoms with E-state index < -0.39 is 6.04 Å². The van der Waals surface area contributed by atoms with Gasteiger partial charge in [-0.05, 0) is 31.9 Å². The summed E-state index contributed by atoms with van der Waals surface area (Å²) in [6.07, 6.45) is 8.10. The van der Waals surface area contributed by atoms with Gasteiger partial charge in [-0.1, -0.05) is 25.0 Å². The van der Waals surface area contributed by atoms with Crippen LogP contribution in [-0.2, 0) is 11.3 Å². The maximum atomic E-state index is 12.8. The topological polar surface area (TPSA) is 83.4 Å². The lowest BCUT2D eigenvalue weighted by atomic mass is 9.88. The van der Waals surface area contributed by atoms with E-state index in [1.54, 1.807) is 4.57 Å². The Morgan fingerprint density at radius 1 is 1.38 bits per heavy atom. The van der Waals surface area contributed by atoms with Crippen molar-refractivity contribution in [3.63, 3.8) is 0 Å². The third kappa shape index (κ3) is 2.81. The molecule has 1 aliphatic carbocycles. The highest BCUT2D eigenvalue weighted by molar-refractivity contribution is 5.83. The van der Waals surface area contributed by atoms with Gasteiger partial charge in [-0.3, -0.25) is 14.9 Å². The fourth-order valence-electron chi connectivity index (χ4n) is 4.94. The number of hydrogen-bond donors (Lipinski definition) is 3. The zero-order chi connectivity index (χ0) is 18.3. The molecule has 6 nitrogen and oxygen atoms in total. The second-order valence-corrected chi connectivity index (χ2v) is 7.75. The molecule has 140 valence electrons. The number of nitrogens with zero attached hydrogens (tertiary/aromatic N) is 1. The van der Waals surface area contributed by atoms with E-state index in [0.717, 1.165) is 18.5 Å². The molecule has 0 radical (unpaired) electrons. The lowest BCUT2D eigenvalue weighted by molar-refractivity contribution is -0.125. The van der Waals surface area contributed by atoms with E-state index in [1.165, 1.54) is 12.8 Å². The van der Waals surface area contributed by atoms with Gasteiger partial charge in [0.15, 0.2) is 0 Å². The number of hydrogen-bond acceptors (Lipinski definition) is 4. The molecule has 4 atom stereocenters. The highest BCUT2D eigenvalue weighted by Gasteiger charge is 2.50. The van der Waals surface area contributed by atoms with Gasteiger partial charge in [0.25, 0.3) is 5.56 Å². The molecule has 1 saturated heterocycles. The molecule has 1 amide bonds. The lowest BCUT2D eigenvalue weighted by Crippen LogP contribution is -2.48. The van der Waals surface area contributed by atoms with E-state index in [1.807, 2.05) is 31.2 Å². The Bertz CT molecular complexity index is 779. The molecular formula is C20H27N3O3. The first-order valence-electron chi connectivity index (χ1n) is 9.67. The Labute approximate surface area is 153 Å². The van der Waals surface area contributed by atoms with Crippen LogP contribution in [0.2, 0.25) is 0 Å². The molecule has 2 aliphatic heterocycles. The van der Waals surface area contributed by atoms with Crippen LogP contribution in [0.4, 0.5) is 0 Å². The van der Waals surface area contributed by atoms with E-state index in [-0.39, 0.29) is 42.0 Å². The monoisotopic (exact) mass is 357 g/mol. The average Bonchev–Trinajstić information content (AvgIpc) is 3.32. The van der Waals surface area contributed by atoms with Crippen LogP contribution >= 0.6 is 0 Å². The van der Waals surface area contributed by atoms with Crippen LogP contribution in [0.25, 0.3) is 6.08 Å². The minimum absolute atomic E-state index is 0.000414. The van der Waals surface area contributed by atoms with Crippen molar-refractivity contribution in [1.29, 1.82) is 0 Å². The molecule has 4 rings (SSSR count). The number of aromatic nitrogens is 1. The highest BCUT2D eigenvalue weighted by atomic mass is 16.3. The summed E-state index contributed by atoms with van der Waals surface area (Å²) < 4.78 is 1.80. The third-order valence-electron chi connectivity index (χ3n) is 6.26. The first-order chi connectivity index (χ1) is 12.6. The van der Waals surface area contributed by atoms with Gasteiger partial charge in [-0.25, -0.2) is 0 Å². The number of amides is 1. The summed E-state index contributed by atoms with van der Waals surface area (Å²) >= 11 is 0. The van der Waals surface area contributed by atoms with E-state index >= 15 is 0 Å². The van der Waals surface area contributed by atoms with Gasteiger partial charge >= 0.3 is 0 Å². The number of carbonyl (C=O) groups is 1. The van der Waals surface area contributed by atoms with Gasteiger partial charge in [-0.15, -0.1) is 0 Å². The van der Waals surface area contributed by atoms with E-state index in [2.05, 4.69) is 10.6 Å². The molecule has 6 heteroatoms. The van der Waals surface area contributed by atoms with Crippen LogP contribution in [0.1, 0.15) is 49.9 Å². The molecule has 3 heterocycles. The van der Waals surface area contributed by atoms with Gasteiger partial charge < -0.3 is 15.0 Å². The number of carbonyl (C=O) groups excluding carboxylic acids is 1. The summed E-state index contributed by atoms with van der Waals surface area (Å²) in [6.45, 7) is 2.39. The fourth-order valence-corrected chi connectivity index (χ4v) is 4.94. The maximum Gasteiger partial charge on any atom is 0.258 e. The quantitative estimate of drug-likeness (QED) is 0.756. The maximum absolute atomic E-state index is 12.8. The van der Waals surface area contributed by atoms with Crippen LogP contribution < -0.4 is 16.2 Å². The largest absolute Gasteiger partial charge is 0.396 e. The summed E-state index contributed by atoms with van der Waals surface area (Å²) in [4.78, 5) is 25.4. The number of allylic oxidation sites excluding steroid dienone is 1. The number of nitrogens with one attached hydrogen (secondary N) is 2. The first kappa shape index (κ1) is 17.5. The van der Waals surface area contributed by atoms with Crippen molar-refractivity contribution in [2.75, 3.05) is 6.61 Å². The predicted molar refractivity (Wildman–Crippen MR) is 99.5 cm³/mol. The van der Waals surface area contributed by atoms with Crippen LogP contribution in [0.5, 0.6) is 0 Å². The van der Waals surface area contributed by atoms with Crippen LogP contribution in [0.3, 0.4) is 0 Å². The third-order valence-corrected chi connectivity index (χ3v) is 6.26. The second-order valence-electron chi connectivity index (χ2n) is 7.75. The number of aliphatic hydroxyl groups is 1. The summed E-state index contributed by atoms with van der Waals surface area (Å²) in [5.74, 6) is -0.122. The van der Waals surface area contributed by atoms with Gasteiger partial charge in [0, 0.05) is 42.3 Å². The zero-order valence-corrected chi connectivity index (χ0v) is 15.1. The molecular weight excluding hydrogens is 330 g/mol. The molecule has 0 spiro atoms. The standard InChI is InChI=1S/C20H27N3O3/c1-2-5-12-8-9-16-17-14(10-23(16)20(12)26)15(11-24)18(22-17)19(25)21-13-6-3-4-7-13/h2,5,8-9,13-15,17-18,22,24H,3-4,6-7,10-11H2,1H3,(H,21,25)/b5-2+/t14-,15-,17+,18-/m0/s1. The van der Waals surface area contributed by atoms with Crippen molar-refractivity contribution in [2.45, 2.75) is 57.3 Å². The summed E-state index contributed by atoms with van der Waals surface area (Å²) in [5.41, 5.74) is 1.59. The average molecular weight is 357 g/mol. The van der Waals surface area contributed by atoms with Crippen LogP contribution in [0, 0.1) is 11.8 Å². The number of fused-ring (bicyclic) bond motifs is 3. The summed E-state index contributed by atoms with van der Waals surface area (Å²) in [7, 11) is 0. The molecule has 1 aromatic rings. The SMILES string of the molecule is C/C=C/c1ccc2n(c1=O)C[C@H]1[C@H](CO)[C@@H](C(=O)NC3CCCC3)N[C@@H]21. The van der Waals surface area contributed by atoms with Crippen LogP contribution in [0.15, 0.2) is 23.0 Å². The van der Waals surface area contributed by atoms with E-state index in [9.17, 15) is 14.7 Å². The van der Waals surface area contributed by atoms with Crippen molar-refractivity contribution >= 4 is 12.0 Å². The highest BCUT2D eigenvalue weighted by Crippen LogP contribution is 2.42. The van der Waals surface area contributed by atoms with Crippen molar-refractivity contribution < 1.29 is 9.90 Å². The van der Waals surface area contributed by atoms with Gasteiger partial charge in [0.1, 0.15) is 0 Å². The smallest absolute Gasteiger partial charge is 0.258 e. The molecule has 3 aliphatic rings. The molecule has 1 saturated carbocycles. The normalized spacial score (nSPS) is 30.7. The lowest BCUT2D eigenvalue weighted by Gasteiger charge is -2.23. The Morgan fingerprint density at radius 3 is 2.85 bits per heavy atom. The molecule has 26 heavy (non-hydrogen) atoms. The predicted octanol–water partition coefficient (Wildman–Crippen LogP) is 1.19. The minimum atomic E-state index is -0.394. The first-order valence-corrected chi connectivity index (χ1v) is 9.67. The van der Waals surface area contributed by atoms with E-state index in [4.69, 9.17) is 0 Å². The van der Waals surface area contributed by atoms with Gasteiger partial charge in [-0.2, -0.15) is 0 Å². The zero-order valence-electron chi connectivity index (χ0n) is 15.1. The molecule has 3 N–H and O–H groups in total. The van der Waals surface area contributed by atoms with Gasteiger partial charge in [0.2, 0.25) is 5.91 Å². The van der Waals surface area contributed by atoms with Crippen molar-refractivity contribution in [3.8, 4) is 0 Å². The van der Waals surface area contributed by atoms with Crippen molar-refractivity contribution in [3.05, 3.63) is 39.8 Å².